The molecule has 5 heteroatoms. The zero-order valence-electron chi connectivity index (χ0n) is 7.39. The minimum Gasteiger partial charge on any atom is -0.369 e. The lowest BCUT2D eigenvalue weighted by Crippen LogP contribution is -2.04. The lowest BCUT2D eigenvalue weighted by atomic mass is 10.3. The predicted octanol–water partition coefficient (Wildman–Crippen LogP) is 1.67. The number of pyridine rings is 1. The lowest BCUT2D eigenvalue weighted by molar-refractivity contribution is 0.805. The van der Waals surface area contributed by atoms with Gasteiger partial charge in [0.15, 0.2) is 5.95 Å². The van der Waals surface area contributed by atoms with Gasteiger partial charge >= 0.3 is 0 Å². The maximum atomic E-state index is 5.66. The Kier molecular flexibility index (Phi) is 2.49. The number of anilines is 1. The van der Waals surface area contributed by atoms with Crippen molar-refractivity contribution < 1.29 is 0 Å². The molecule has 0 aliphatic rings. The predicted molar refractivity (Wildman–Crippen MR) is 57.7 cm³/mol. The van der Waals surface area contributed by atoms with Crippen molar-refractivity contribution >= 4 is 21.9 Å². The summed E-state index contributed by atoms with van der Waals surface area (Å²) in [5, 5.41) is 0. The zero-order valence-corrected chi connectivity index (χ0v) is 8.98. The molecule has 2 heterocycles. The van der Waals surface area contributed by atoms with E-state index in [-0.39, 0.29) is 0 Å². The number of halogens is 1. The number of nitrogens with zero attached hydrogens (tertiary/aromatic N) is 3. The van der Waals surface area contributed by atoms with Crippen LogP contribution in [0.15, 0.2) is 35.3 Å². The van der Waals surface area contributed by atoms with Crippen molar-refractivity contribution in [1.82, 2.24) is 14.5 Å². The molecule has 14 heavy (non-hydrogen) atoms. The number of imidazole rings is 1. The highest BCUT2D eigenvalue weighted by Gasteiger charge is 2.02. The molecule has 0 saturated heterocycles. The van der Waals surface area contributed by atoms with E-state index in [0.29, 0.717) is 12.5 Å². The van der Waals surface area contributed by atoms with Crippen LogP contribution in [-0.4, -0.2) is 14.5 Å². The number of nitrogens with two attached hydrogens (primary N) is 1. The van der Waals surface area contributed by atoms with Crippen molar-refractivity contribution in [3.8, 4) is 0 Å². The van der Waals surface area contributed by atoms with Crippen LogP contribution in [0.3, 0.4) is 0 Å². The van der Waals surface area contributed by atoms with Gasteiger partial charge in [-0.1, -0.05) is 0 Å². The highest BCUT2D eigenvalue weighted by molar-refractivity contribution is 9.10. The average Bonchev–Trinajstić information content (AvgIpc) is 2.56. The first kappa shape index (κ1) is 9.21. The van der Waals surface area contributed by atoms with Gasteiger partial charge in [0.25, 0.3) is 0 Å². The Morgan fingerprint density at radius 1 is 1.43 bits per heavy atom. The van der Waals surface area contributed by atoms with E-state index in [1.54, 1.807) is 18.6 Å². The highest BCUT2D eigenvalue weighted by Crippen LogP contribution is 2.16. The van der Waals surface area contributed by atoms with Gasteiger partial charge in [0.05, 0.1) is 6.54 Å². The Morgan fingerprint density at radius 2 is 2.29 bits per heavy atom. The monoisotopic (exact) mass is 252 g/mol. The van der Waals surface area contributed by atoms with Gasteiger partial charge in [-0.2, -0.15) is 0 Å². The molecule has 2 aromatic heterocycles. The summed E-state index contributed by atoms with van der Waals surface area (Å²) in [5.74, 6) is 0.522. The van der Waals surface area contributed by atoms with Crippen molar-refractivity contribution in [2.75, 3.05) is 5.73 Å². The van der Waals surface area contributed by atoms with E-state index in [1.807, 2.05) is 16.8 Å². The van der Waals surface area contributed by atoms with E-state index < -0.39 is 0 Å². The first-order valence-electron chi connectivity index (χ1n) is 4.12. The third-order valence-electron chi connectivity index (χ3n) is 1.94. The number of nitrogen functional groups attached to an aromatic ring is 1. The molecule has 0 spiro atoms. The van der Waals surface area contributed by atoms with Crippen LogP contribution in [0.25, 0.3) is 0 Å². The molecule has 2 aromatic rings. The molecule has 0 amide bonds. The number of hydrogen-bond donors (Lipinski definition) is 1. The van der Waals surface area contributed by atoms with Crippen LogP contribution in [0.5, 0.6) is 0 Å². The van der Waals surface area contributed by atoms with E-state index in [2.05, 4.69) is 25.9 Å². The summed E-state index contributed by atoms with van der Waals surface area (Å²) < 4.78 is 2.85. The van der Waals surface area contributed by atoms with Crippen LogP contribution < -0.4 is 5.73 Å². The second-order valence-corrected chi connectivity index (χ2v) is 3.73. The van der Waals surface area contributed by atoms with E-state index in [0.717, 1.165) is 10.0 Å². The molecule has 0 aromatic carbocycles. The molecule has 0 aliphatic carbocycles. The summed E-state index contributed by atoms with van der Waals surface area (Å²) in [6.45, 7) is 0.703. The van der Waals surface area contributed by atoms with E-state index >= 15 is 0 Å². The Hall–Kier alpha value is -1.36. The molecule has 72 valence electrons. The molecular formula is C9H9BrN4. The Balaban J connectivity index is 2.28. The van der Waals surface area contributed by atoms with Crippen LogP contribution in [0.1, 0.15) is 5.56 Å². The fraction of sp³-hybridized carbons (Fsp3) is 0.111. The molecule has 4 nitrogen and oxygen atoms in total. The molecule has 0 unspecified atom stereocenters. The third kappa shape index (κ3) is 1.77. The second kappa shape index (κ2) is 3.79. The molecular weight excluding hydrogens is 244 g/mol. The van der Waals surface area contributed by atoms with Crippen molar-refractivity contribution in [2.24, 2.45) is 0 Å². The minimum atomic E-state index is 0.522. The van der Waals surface area contributed by atoms with Crippen molar-refractivity contribution in [2.45, 2.75) is 6.54 Å². The SMILES string of the molecule is Nc1nccn1Cc1ccncc1Br. The fourth-order valence-electron chi connectivity index (χ4n) is 1.19. The Bertz CT molecular complexity index is 438. The molecule has 0 atom stereocenters. The zero-order chi connectivity index (χ0) is 9.97. The summed E-state index contributed by atoms with van der Waals surface area (Å²) in [6, 6.07) is 1.95. The molecule has 2 N–H and O–H groups in total. The minimum absolute atomic E-state index is 0.522. The lowest BCUT2D eigenvalue weighted by Gasteiger charge is -2.05. The van der Waals surface area contributed by atoms with Gasteiger partial charge in [-0.3, -0.25) is 4.98 Å². The van der Waals surface area contributed by atoms with Crippen LogP contribution in [0.2, 0.25) is 0 Å². The summed E-state index contributed by atoms with van der Waals surface area (Å²) in [7, 11) is 0. The summed E-state index contributed by atoms with van der Waals surface area (Å²) >= 11 is 3.43. The second-order valence-electron chi connectivity index (χ2n) is 2.88. The molecule has 2 rings (SSSR count). The first-order valence-corrected chi connectivity index (χ1v) is 4.91. The number of aromatic nitrogens is 3. The third-order valence-corrected chi connectivity index (χ3v) is 2.66. The van der Waals surface area contributed by atoms with E-state index in [1.165, 1.54) is 0 Å². The summed E-state index contributed by atoms with van der Waals surface area (Å²) in [5.41, 5.74) is 6.79. The summed E-state index contributed by atoms with van der Waals surface area (Å²) in [6.07, 6.45) is 7.06. The quantitative estimate of drug-likeness (QED) is 0.885. The number of hydrogen-bond acceptors (Lipinski definition) is 3. The first-order chi connectivity index (χ1) is 6.77. The molecule has 0 aliphatic heterocycles. The van der Waals surface area contributed by atoms with Gasteiger partial charge in [0.2, 0.25) is 0 Å². The van der Waals surface area contributed by atoms with Crippen molar-refractivity contribution in [3.63, 3.8) is 0 Å². The van der Waals surface area contributed by atoms with Crippen LogP contribution in [-0.2, 0) is 6.54 Å². The van der Waals surface area contributed by atoms with Gasteiger partial charge in [-0.25, -0.2) is 4.98 Å². The van der Waals surface area contributed by atoms with Crippen molar-refractivity contribution in [3.05, 3.63) is 40.9 Å². The molecule has 0 radical (unpaired) electrons. The van der Waals surface area contributed by atoms with Gasteiger partial charge in [-0.05, 0) is 27.6 Å². The van der Waals surface area contributed by atoms with Crippen LogP contribution in [0.4, 0.5) is 5.95 Å². The standard InChI is InChI=1S/C9H9BrN4/c10-8-5-12-2-1-7(8)6-14-4-3-13-9(14)11/h1-5H,6H2,(H2,11,13). The maximum Gasteiger partial charge on any atom is 0.200 e. The molecule has 0 bridgehead atoms. The highest BCUT2D eigenvalue weighted by atomic mass is 79.9. The fourth-order valence-corrected chi connectivity index (χ4v) is 1.57. The smallest absolute Gasteiger partial charge is 0.200 e. The Morgan fingerprint density at radius 3 is 2.93 bits per heavy atom. The van der Waals surface area contributed by atoms with Crippen LogP contribution >= 0.6 is 15.9 Å². The molecule has 0 saturated carbocycles. The summed E-state index contributed by atoms with van der Waals surface area (Å²) in [4.78, 5) is 7.95. The maximum absolute atomic E-state index is 5.66. The Labute approximate surface area is 89.9 Å². The van der Waals surface area contributed by atoms with E-state index in [4.69, 9.17) is 5.73 Å². The van der Waals surface area contributed by atoms with Crippen molar-refractivity contribution in [1.29, 1.82) is 0 Å². The number of rotatable bonds is 2. The van der Waals surface area contributed by atoms with E-state index in [9.17, 15) is 0 Å². The molecule has 0 fully saturated rings. The van der Waals surface area contributed by atoms with Gasteiger partial charge < -0.3 is 10.3 Å². The van der Waals surface area contributed by atoms with Gasteiger partial charge in [-0.15, -0.1) is 0 Å². The average molecular weight is 253 g/mol. The topological polar surface area (TPSA) is 56.7 Å². The largest absolute Gasteiger partial charge is 0.369 e. The van der Waals surface area contributed by atoms with Crippen LogP contribution in [0, 0.1) is 0 Å². The normalized spacial score (nSPS) is 10.4. The van der Waals surface area contributed by atoms with Gasteiger partial charge in [0.1, 0.15) is 0 Å². The van der Waals surface area contributed by atoms with Gasteiger partial charge in [0, 0.05) is 29.3 Å².